The molecular weight excluding hydrogens is 288 g/mol. The van der Waals surface area contributed by atoms with Crippen LogP contribution in [0.2, 0.25) is 0 Å². The molecule has 0 atom stereocenters. The quantitative estimate of drug-likeness (QED) is 0.843. The molecule has 2 rings (SSSR count). The Bertz CT molecular complexity index is 627. The molecule has 1 amide bonds. The zero-order valence-corrected chi connectivity index (χ0v) is 12.9. The number of anilines is 1. The summed E-state index contributed by atoms with van der Waals surface area (Å²) in [6, 6.07) is 5.78. The van der Waals surface area contributed by atoms with Crippen molar-refractivity contribution in [3.8, 4) is 5.75 Å². The van der Waals surface area contributed by atoms with E-state index in [1.165, 1.54) is 11.3 Å². The average Bonchev–Trinajstić information content (AvgIpc) is 2.86. The fourth-order valence-electron chi connectivity index (χ4n) is 1.75. The van der Waals surface area contributed by atoms with E-state index in [9.17, 15) is 4.79 Å². The monoisotopic (exact) mass is 306 g/mol. The van der Waals surface area contributed by atoms with Crippen LogP contribution in [0.25, 0.3) is 0 Å². The number of nitrogens with zero attached hydrogens (tertiary/aromatic N) is 2. The number of hydrogen-bond acceptors (Lipinski definition) is 6. The Kier molecular flexibility index (Phi) is 5.10. The second kappa shape index (κ2) is 7.03. The Hall–Kier alpha value is -2.15. The molecule has 0 saturated carbocycles. The van der Waals surface area contributed by atoms with Gasteiger partial charge in [0.25, 0.3) is 5.91 Å². The fourth-order valence-corrected chi connectivity index (χ4v) is 2.36. The third-order valence-electron chi connectivity index (χ3n) is 3.06. The van der Waals surface area contributed by atoms with Gasteiger partial charge in [-0.05, 0) is 31.0 Å². The summed E-state index contributed by atoms with van der Waals surface area (Å²) in [6.07, 6.45) is 0.615. The summed E-state index contributed by atoms with van der Waals surface area (Å²) < 4.78 is 5.53. The number of carbonyl (C=O) groups excluding carboxylic acids is 1. The minimum absolute atomic E-state index is 0.00253. The second-order valence-corrected chi connectivity index (χ2v) is 5.71. The van der Waals surface area contributed by atoms with Crippen LogP contribution in [0.3, 0.4) is 0 Å². The van der Waals surface area contributed by atoms with E-state index in [-0.39, 0.29) is 12.5 Å². The van der Waals surface area contributed by atoms with Gasteiger partial charge in [-0.2, -0.15) is 0 Å². The number of nitrogens with two attached hydrogens (primary N) is 1. The molecule has 0 fully saturated rings. The van der Waals surface area contributed by atoms with E-state index in [2.05, 4.69) is 15.5 Å². The first-order valence-corrected chi connectivity index (χ1v) is 7.41. The van der Waals surface area contributed by atoms with Gasteiger partial charge in [-0.15, -0.1) is 10.2 Å². The third-order valence-corrected chi connectivity index (χ3v) is 3.87. The Morgan fingerprint density at radius 1 is 1.38 bits per heavy atom. The van der Waals surface area contributed by atoms with Crippen molar-refractivity contribution in [2.75, 3.05) is 18.9 Å². The predicted molar refractivity (Wildman–Crippen MR) is 82.4 cm³/mol. The van der Waals surface area contributed by atoms with Crippen LogP contribution in [0.4, 0.5) is 5.13 Å². The molecule has 0 unspecified atom stereocenters. The van der Waals surface area contributed by atoms with Crippen LogP contribution >= 0.6 is 11.3 Å². The van der Waals surface area contributed by atoms with Gasteiger partial charge in [0.2, 0.25) is 5.13 Å². The lowest BCUT2D eigenvalue weighted by atomic mass is 10.1. The van der Waals surface area contributed by atoms with Crippen molar-refractivity contribution < 1.29 is 9.53 Å². The zero-order chi connectivity index (χ0) is 15.2. The molecule has 0 aliphatic heterocycles. The Balaban J connectivity index is 1.73. The molecule has 112 valence electrons. The smallest absolute Gasteiger partial charge is 0.257 e. The van der Waals surface area contributed by atoms with Crippen molar-refractivity contribution in [3.63, 3.8) is 0 Å². The fraction of sp³-hybridized carbons (Fsp3) is 0.357. The van der Waals surface area contributed by atoms with E-state index in [1.54, 1.807) is 0 Å². The molecule has 0 bridgehead atoms. The molecule has 3 N–H and O–H groups in total. The lowest BCUT2D eigenvalue weighted by molar-refractivity contribution is -0.123. The number of nitrogens with one attached hydrogen (secondary N) is 1. The number of nitrogen functional groups attached to an aromatic ring is 1. The van der Waals surface area contributed by atoms with Gasteiger partial charge in [0.1, 0.15) is 10.8 Å². The minimum Gasteiger partial charge on any atom is -0.483 e. The molecule has 7 heteroatoms. The highest BCUT2D eigenvalue weighted by Crippen LogP contribution is 2.20. The minimum atomic E-state index is -0.159. The van der Waals surface area contributed by atoms with Crippen molar-refractivity contribution in [2.24, 2.45) is 0 Å². The Morgan fingerprint density at radius 3 is 2.90 bits per heavy atom. The average molecular weight is 306 g/mol. The standard InChI is InChI=1S/C14H18N4O2S/c1-9-4-3-5-11(10(9)2)20-8-12(19)16-7-6-13-17-18-14(15)21-13/h3-5H,6-8H2,1-2H3,(H2,15,18)(H,16,19). The highest BCUT2D eigenvalue weighted by atomic mass is 32.1. The highest BCUT2D eigenvalue weighted by Gasteiger charge is 2.07. The van der Waals surface area contributed by atoms with Gasteiger partial charge >= 0.3 is 0 Å². The Morgan fingerprint density at radius 2 is 2.19 bits per heavy atom. The van der Waals surface area contributed by atoms with Gasteiger partial charge in [-0.1, -0.05) is 23.5 Å². The maximum Gasteiger partial charge on any atom is 0.257 e. The van der Waals surface area contributed by atoms with Gasteiger partial charge in [-0.25, -0.2) is 0 Å². The van der Waals surface area contributed by atoms with Crippen LogP contribution in [-0.2, 0) is 11.2 Å². The second-order valence-electron chi connectivity index (χ2n) is 4.62. The van der Waals surface area contributed by atoms with Crippen LogP contribution in [0.5, 0.6) is 5.75 Å². The molecule has 2 aromatic rings. The number of carbonyl (C=O) groups is 1. The van der Waals surface area contributed by atoms with Gasteiger partial charge < -0.3 is 15.8 Å². The highest BCUT2D eigenvalue weighted by molar-refractivity contribution is 7.15. The van der Waals surface area contributed by atoms with Gasteiger partial charge in [0, 0.05) is 13.0 Å². The van der Waals surface area contributed by atoms with Crippen LogP contribution in [0.15, 0.2) is 18.2 Å². The maximum atomic E-state index is 11.7. The molecule has 1 aromatic carbocycles. The molecule has 0 aliphatic carbocycles. The lowest BCUT2D eigenvalue weighted by Crippen LogP contribution is -2.30. The third kappa shape index (κ3) is 4.42. The first kappa shape index (κ1) is 15.2. The van der Waals surface area contributed by atoms with Crippen molar-refractivity contribution in [3.05, 3.63) is 34.3 Å². The van der Waals surface area contributed by atoms with E-state index >= 15 is 0 Å². The number of rotatable bonds is 6. The summed E-state index contributed by atoms with van der Waals surface area (Å²) in [7, 11) is 0. The molecule has 1 aromatic heterocycles. The van der Waals surface area contributed by atoms with Crippen molar-refractivity contribution in [1.82, 2.24) is 15.5 Å². The number of amides is 1. The number of aromatic nitrogens is 2. The van der Waals surface area contributed by atoms with E-state index in [0.717, 1.165) is 21.9 Å². The van der Waals surface area contributed by atoms with E-state index in [1.807, 2.05) is 32.0 Å². The molecular formula is C14H18N4O2S. The van der Waals surface area contributed by atoms with Crippen LogP contribution in [-0.4, -0.2) is 29.3 Å². The summed E-state index contributed by atoms with van der Waals surface area (Å²) in [5, 5.41) is 11.6. The van der Waals surface area contributed by atoms with Crippen molar-refractivity contribution in [2.45, 2.75) is 20.3 Å². The van der Waals surface area contributed by atoms with Crippen molar-refractivity contribution >= 4 is 22.4 Å². The first-order valence-electron chi connectivity index (χ1n) is 6.60. The van der Waals surface area contributed by atoms with Gasteiger partial charge in [0.05, 0.1) is 0 Å². The molecule has 1 heterocycles. The Labute approximate surface area is 127 Å². The molecule has 0 radical (unpaired) electrons. The summed E-state index contributed by atoms with van der Waals surface area (Å²) in [5.74, 6) is 0.579. The van der Waals surface area contributed by atoms with Gasteiger partial charge in [0.15, 0.2) is 6.61 Å². The summed E-state index contributed by atoms with van der Waals surface area (Å²) in [5.41, 5.74) is 7.68. The maximum absolute atomic E-state index is 11.7. The summed E-state index contributed by atoms with van der Waals surface area (Å²) in [6.45, 7) is 4.48. The zero-order valence-electron chi connectivity index (χ0n) is 12.0. The van der Waals surface area contributed by atoms with Crippen molar-refractivity contribution in [1.29, 1.82) is 0 Å². The predicted octanol–water partition coefficient (Wildman–Crippen LogP) is 1.47. The van der Waals surface area contributed by atoms with Crippen LogP contribution < -0.4 is 15.8 Å². The van der Waals surface area contributed by atoms with Crippen LogP contribution in [0, 0.1) is 13.8 Å². The lowest BCUT2D eigenvalue weighted by Gasteiger charge is -2.10. The first-order chi connectivity index (χ1) is 10.1. The van der Waals surface area contributed by atoms with Crippen LogP contribution in [0.1, 0.15) is 16.1 Å². The van der Waals surface area contributed by atoms with E-state index < -0.39 is 0 Å². The number of benzene rings is 1. The SMILES string of the molecule is Cc1cccc(OCC(=O)NCCc2nnc(N)s2)c1C. The van der Waals surface area contributed by atoms with E-state index in [4.69, 9.17) is 10.5 Å². The molecule has 0 saturated heterocycles. The van der Waals surface area contributed by atoms with Gasteiger partial charge in [-0.3, -0.25) is 4.79 Å². The number of aryl methyl sites for hydroxylation is 1. The van der Waals surface area contributed by atoms with E-state index in [0.29, 0.717) is 18.1 Å². The topological polar surface area (TPSA) is 90.1 Å². The molecule has 6 nitrogen and oxygen atoms in total. The number of hydrogen-bond donors (Lipinski definition) is 2. The molecule has 0 aliphatic rings. The molecule has 0 spiro atoms. The largest absolute Gasteiger partial charge is 0.483 e. The number of ether oxygens (including phenoxy) is 1. The summed E-state index contributed by atoms with van der Waals surface area (Å²) >= 11 is 1.33. The molecule has 21 heavy (non-hydrogen) atoms. The summed E-state index contributed by atoms with van der Waals surface area (Å²) in [4.78, 5) is 11.7. The normalized spacial score (nSPS) is 10.4.